The molecule has 1 aromatic carbocycles. The Bertz CT molecular complexity index is 330. The lowest BCUT2D eigenvalue weighted by Crippen LogP contribution is -2.40. The smallest absolute Gasteiger partial charge is 0.407 e. The number of amides is 1. The van der Waals surface area contributed by atoms with Gasteiger partial charge in [0.15, 0.2) is 0 Å². The normalized spacial score (nSPS) is 11.9. The van der Waals surface area contributed by atoms with E-state index in [1.807, 2.05) is 30.3 Å². The summed E-state index contributed by atoms with van der Waals surface area (Å²) in [4.78, 5) is 11.3. The molecule has 3 N–H and O–H groups in total. The molecular formula is C12H18N2O3. The highest BCUT2D eigenvalue weighted by atomic mass is 16.5. The Labute approximate surface area is 101 Å². The SMILES string of the molecule is COCC(N)CNC(=O)OCc1ccccc1. The minimum absolute atomic E-state index is 0.218. The van der Waals surface area contributed by atoms with Gasteiger partial charge in [-0.05, 0) is 5.56 Å². The van der Waals surface area contributed by atoms with E-state index < -0.39 is 6.09 Å². The maximum atomic E-state index is 11.3. The maximum Gasteiger partial charge on any atom is 0.407 e. The summed E-state index contributed by atoms with van der Waals surface area (Å²) in [5, 5.41) is 2.57. The topological polar surface area (TPSA) is 73.6 Å². The number of carbonyl (C=O) groups excluding carboxylic acids is 1. The first kappa shape index (κ1) is 13.5. The van der Waals surface area contributed by atoms with E-state index in [0.717, 1.165) is 5.56 Å². The zero-order valence-electron chi connectivity index (χ0n) is 9.89. The van der Waals surface area contributed by atoms with E-state index in [4.69, 9.17) is 15.2 Å². The monoisotopic (exact) mass is 238 g/mol. The molecular weight excluding hydrogens is 220 g/mol. The van der Waals surface area contributed by atoms with Crippen molar-refractivity contribution in [1.29, 1.82) is 0 Å². The molecule has 0 aliphatic rings. The lowest BCUT2D eigenvalue weighted by atomic mass is 10.2. The second kappa shape index (κ2) is 7.65. The van der Waals surface area contributed by atoms with E-state index in [-0.39, 0.29) is 12.6 Å². The second-order valence-corrected chi connectivity index (χ2v) is 3.66. The van der Waals surface area contributed by atoms with Crippen LogP contribution in [0.1, 0.15) is 5.56 Å². The number of hydrogen-bond acceptors (Lipinski definition) is 4. The van der Waals surface area contributed by atoms with Crippen LogP contribution in [0.2, 0.25) is 0 Å². The summed E-state index contributed by atoms with van der Waals surface area (Å²) >= 11 is 0. The van der Waals surface area contributed by atoms with Crippen molar-refractivity contribution < 1.29 is 14.3 Å². The predicted octanol–water partition coefficient (Wildman–Crippen LogP) is 0.887. The highest BCUT2D eigenvalue weighted by Crippen LogP contribution is 2.00. The van der Waals surface area contributed by atoms with Crippen molar-refractivity contribution in [3.05, 3.63) is 35.9 Å². The minimum atomic E-state index is -0.472. The van der Waals surface area contributed by atoms with Crippen LogP contribution >= 0.6 is 0 Å². The number of hydrogen-bond donors (Lipinski definition) is 2. The largest absolute Gasteiger partial charge is 0.445 e. The first-order valence-electron chi connectivity index (χ1n) is 5.41. The Kier molecular flexibility index (Phi) is 6.06. The van der Waals surface area contributed by atoms with E-state index in [1.165, 1.54) is 0 Å². The summed E-state index contributed by atoms with van der Waals surface area (Å²) in [7, 11) is 1.56. The van der Waals surface area contributed by atoms with Crippen LogP contribution in [0.25, 0.3) is 0 Å². The molecule has 0 saturated carbocycles. The van der Waals surface area contributed by atoms with Crippen LogP contribution in [-0.2, 0) is 16.1 Å². The molecule has 1 amide bonds. The van der Waals surface area contributed by atoms with Crippen LogP contribution in [0.3, 0.4) is 0 Å². The molecule has 5 nitrogen and oxygen atoms in total. The molecule has 0 aliphatic heterocycles. The van der Waals surface area contributed by atoms with Gasteiger partial charge in [-0.3, -0.25) is 0 Å². The lowest BCUT2D eigenvalue weighted by Gasteiger charge is -2.11. The molecule has 1 rings (SSSR count). The van der Waals surface area contributed by atoms with Gasteiger partial charge in [-0.25, -0.2) is 4.79 Å². The van der Waals surface area contributed by atoms with Crippen molar-refractivity contribution in [3.63, 3.8) is 0 Å². The molecule has 0 heterocycles. The molecule has 0 radical (unpaired) electrons. The number of ether oxygens (including phenoxy) is 2. The van der Waals surface area contributed by atoms with Gasteiger partial charge in [-0.1, -0.05) is 30.3 Å². The van der Waals surface area contributed by atoms with Gasteiger partial charge in [-0.15, -0.1) is 0 Å². The van der Waals surface area contributed by atoms with Gasteiger partial charge < -0.3 is 20.5 Å². The predicted molar refractivity (Wildman–Crippen MR) is 64.5 cm³/mol. The molecule has 0 aliphatic carbocycles. The average Bonchev–Trinajstić information content (AvgIpc) is 2.35. The van der Waals surface area contributed by atoms with Gasteiger partial charge in [0, 0.05) is 19.7 Å². The molecule has 0 spiro atoms. The summed E-state index contributed by atoms with van der Waals surface area (Å²) < 4.78 is 9.86. The molecule has 0 fully saturated rings. The Balaban J connectivity index is 2.17. The molecule has 17 heavy (non-hydrogen) atoms. The number of benzene rings is 1. The summed E-state index contributed by atoms with van der Waals surface area (Å²) in [5.74, 6) is 0. The quantitative estimate of drug-likeness (QED) is 0.771. The van der Waals surface area contributed by atoms with Gasteiger partial charge in [0.1, 0.15) is 6.61 Å². The maximum absolute atomic E-state index is 11.3. The first-order chi connectivity index (χ1) is 8.22. The van der Waals surface area contributed by atoms with Gasteiger partial charge in [-0.2, -0.15) is 0 Å². The Morgan fingerprint density at radius 1 is 1.41 bits per heavy atom. The van der Waals surface area contributed by atoms with Gasteiger partial charge in [0.05, 0.1) is 6.61 Å². The number of alkyl carbamates (subject to hydrolysis) is 1. The highest BCUT2D eigenvalue weighted by molar-refractivity contribution is 5.67. The number of nitrogens with one attached hydrogen (secondary N) is 1. The third kappa shape index (κ3) is 5.89. The fourth-order valence-electron chi connectivity index (χ4n) is 1.26. The summed E-state index contributed by atoms with van der Waals surface area (Å²) in [6, 6.07) is 9.27. The van der Waals surface area contributed by atoms with Crippen molar-refractivity contribution in [2.75, 3.05) is 20.3 Å². The number of nitrogens with two attached hydrogens (primary N) is 1. The van der Waals surface area contributed by atoms with Crippen molar-refractivity contribution >= 4 is 6.09 Å². The third-order valence-electron chi connectivity index (χ3n) is 2.10. The Hall–Kier alpha value is -1.59. The standard InChI is InChI=1S/C12H18N2O3/c1-16-9-11(13)7-14-12(15)17-8-10-5-3-2-4-6-10/h2-6,11H,7-9,13H2,1H3,(H,14,15). The van der Waals surface area contributed by atoms with E-state index in [9.17, 15) is 4.79 Å². The summed E-state index contributed by atoms with van der Waals surface area (Å²) in [5.41, 5.74) is 6.59. The molecule has 5 heteroatoms. The van der Waals surface area contributed by atoms with Crippen molar-refractivity contribution in [2.45, 2.75) is 12.6 Å². The average molecular weight is 238 g/mol. The van der Waals surface area contributed by atoms with E-state index in [1.54, 1.807) is 7.11 Å². The van der Waals surface area contributed by atoms with Crippen molar-refractivity contribution in [2.24, 2.45) is 5.73 Å². The summed E-state index contributed by atoms with van der Waals surface area (Å²) in [6.45, 7) is 0.993. The van der Waals surface area contributed by atoms with Crippen LogP contribution in [0.15, 0.2) is 30.3 Å². The van der Waals surface area contributed by atoms with Crippen LogP contribution in [0, 0.1) is 0 Å². The number of carbonyl (C=O) groups is 1. The number of methoxy groups -OCH3 is 1. The van der Waals surface area contributed by atoms with Crippen molar-refractivity contribution in [1.82, 2.24) is 5.32 Å². The number of rotatable bonds is 6. The van der Waals surface area contributed by atoms with Crippen LogP contribution in [0.4, 0.5) is 4.79 Å². The third-order valence-corrected chi connectivity index (χ3v) is 2.10. The second-order valence-electron chi connectivity index (χ2n) is 3.66. The fraction of sp³-hybridized carbons (Fsp3) is 0.417. The first-order valence-corrected chi connectivity index (χ1v) is 5.41. The van der Waals surface area contributed by atoms with Crippen LogP contribution < -0.4 is 11.1 Å². The highest BCUT2D eigenvalue weighted by Gasteiger charge is 2.06. The molecule has 0 bridgehead atoms. The Morgan fingerprint density at radius 2 is 2.12 bits per heavy atom. The van der Waals surface area contributed by atoms with Gasteiger partial charge in [0.25, 0.3) is 0 Å². The summed E-state index contributed by atoms with van der Waals surface area (Å²) in [6.07, 6.45) is -0.472. The van der Waals surface area contributed by atoms with E-state index in [0.29, 0.717) is 13.2 Å². The molecule has 94 valence electrons. The van der Waals surface area contributed by atoms with Crippen LogP contribution in [-0.4, -0.2) is 32.4 Å². The molecule has 0 aromatic heterocycles. The zero-order valence-corrected chi connectivity index (χ0v) is 9.89. The minimum Gasteiger partial charge on any atom is -0.445 e. The van der Waals surface area contributed by atoms with E-state index >= 15 is 0 Å². The lowest BCUT2D eigenvalue weighted by molar-refractivity contribution is 0.135. The van der Waals surface area contributed by atoms with Crippen molar-refractivity contribution in [3.8, 4) is 0 Å². The Morgan fingerprint density at radius 3 is 2.76 bits per heavy atom. The van der Waals surface area contributed by atoms with Crippen LogP contribution in [0.5, 0.6) is 0 Å². The molecule has 1 atom stereocenters. The zero-order chi connectivity index (χ0) is 12.5. The van der Waals surface area contributed by atoms with Gasteiger partial charge >= 0.3 is 6.09 Å². The van der Waals surface area contributed by atoms with Gasteiger partial charge in [0.2, 0.25) is 0 Å². The molecule has 1 unspecified atom stereocenters. The molecule has 1 aromatic rings. The fourth-order valence-corrected chi connectivity index (χ4v) is 1.26. The molecule has 0 saturated heterocycles. The van der Waals surface area contributed by atoms with E-state index in [2.05, 4.69) is 5.32 Å².